The Morgan fingerprint density at radius 3 is 2.56 bits per heavy atom. The summed E-state index contributed by atoms with van der Waals surface area (Å²) >= 11 is 0. The Bertz CT molecular complexity index is 458. The van der Waals surface area contributed by atoms with Crippen LogP contribution in [0.25, 0.3) is 0 Å². The first kappa shape index (κ1) is 10.8. The molecule has 0 fully saturated rings. The van der Waals surface area contributed by atoms with Crippen molar-refractivity contribution in [3.8, 4) is 0 Å². The van der Waals surface area contributed by atoms with Gasteiger partial charge >= 0.3 is 0 Å². The second-order valence-electron chi connectivity index (χ2n) is 3.99. The van der Waals surface area contributed by atoms with Crippen LogP contribution in [0.15, 0.2) is 36.4 Å². The molecule has 1 aromatic carbocycles. The molecule has 82 valence electrons. The third-order valence-electron chi connectivity index (χ3n) is 2.89. The number of allylic oxidation sites excluding steroid dienone is 2. The van der Waals surface area contributed by atoms with Gasteiger partial charge in [-0.3, -0.25) is 9.59 Å². The van der Waals surface area contributed by atoms with Crippen molar-refractivity contribution in [1.29, 1.82) is 0 Å². The first-order valence-corrected chi connectivity index (χ1v) is 5.56. The SMILES string of the molecule is CCC(=O)c1cccc(C(=O)C2C=CC2)c1. The molecule has 1 aliphatic carbocycles. The van der Waals surface area contributed by atoms with Gasteiger partial charge in [0.2, 0.25) is 0 Å². The number of ketones is 2. The smallest absolute Gasteiger partial charge is 0.170 e. The van der Waals surface area contributed by atoms with E-state index in [2.05, 4.69) is 0 Å². The Morgan fingerprint density at radius 2 is 2.00 bits per heavy atom. The molecule has 1 unspecified atom stereocenters. The van der Waals surface area contributed by atoms with Gasteiger partial charge in [-0.1, -0.05) is 37.3 Å². The van der Waals surface area contributed by atoms with Crippen LogP contribution in [0.3, 0.4) is 0 Å². The van der Waals surface area contributed by atoms with Crippen molar-refractivity contribution in [2.75, 3.05) is 0 Å². The normalized spacial score (nSPS) is 17.9. The predicted octanol–water partition coefficient (Wildman–Crippen LogP) is 3.04. The second-order valence-corrected chi connectivity index (χ2v) is 3.99. The van der Waals surface area contributed by atoms with E-state index in [4.69, 9.17) is 0 Å². The first-order valence-electron chi connectivity index (χ1n) is 5.56. The molecule has 1 aromatic rings. The van der Waals surface area contributed by atoms with Gasteiger partial charge in [-0.05, 0) is 12.5 Å². The van der Waals surface area contributed by atoms with E-state index >= 15 is 0 Å². The summed E-state index contributed by atoms with van der Waals surface area (Å²) in [5, 5.41) is 0. The standard InChI is InChI=1S/C14H14O2/c1-2-13(15)11-7-4-8-12(9-11)14(16)10-5-3-6-10/h3-5,7-10H,2,6H2,1H3. The van der Waals surface area contributed by atoms with E-state index in [9.17, 15) is 9.59 Å². The molecule has 0 amide bonds. The van der Waals surface area contributed by atoms with Crippen LogP contribution in [-0.2, 0) is 0 Å². The highest BCUT2D eigenvalue weighted by molar-refractivity contribution is 6.03. The topological polar surface area (TPSA) is 34.1 Å². The average Bonchev–Trinajstić information content (AvgIpc) is 2.26. The summed E-state index contributed by atoms with van der Waals surface area (Å²) in [4.78, 5) is 23.4. The minimum Gasteiger partial charge on any atom is -0.294 e. The molecule has 0 bridgehead atoms. The highest BCUT2D eigenvalue weighted by Crippen LogP contribution is 2.22. The lowest BCUT2D eigenvalue weighted by Gasteiger charge is -2.16. The molecular formula is C14H14O2. The van der Waals surface area contributed by atoms with E-state index in [0.29, 0.717) is 17.5 Å². The number of hydrogen-bond donors (Lipinski definition) is 0. The highest BCUT2D eigenvalue weighted by Gasteiger charge is 2.21. The van der Waals surface area contributed by atoms with E-state index in [1.807, 2.05) is 19.1 Å². The number of Topliss-reactive ketones (excluding diaryl/α,β-unsaturated/α-hetero) is 2. The molecule has 2 rings (SSSR count). The number of benzene rings is 1. The molecule has 0 heterocycles. The van der Waals surface area contributed by atoms with E-state index < -0.39 is 0 Å². The minimum atomic E-state index is 0.0204. The lowest BCUT2D eigenvalue weighted by molar-refractivity contribution is 0.0938. The van der Waals surface area contributed by atoms with Gasteiger partial charge in [0.25, 0.3) is 0 Å². The first-order chi connectivity index (χ1) is 7.72. The van der Waals surface area contributed by atoms with Crippen LogP contribution in [0.2, 0.25) is 0 Å². The van der Waals surface area contributed by atoms with Gasteiger partial charge in [0.05, 0.1) is 0 Å². The minimum absolute atomic E-state index is 0.0204. The molecule has 0 N–H and O–H groups in total. The second kappa shape index (κ2) is 4.44. The molecule has 0 saturated heterocycles. The summed E-state index contributed by atoms with van der Waals surface area (Å²) < 4.78 is 0. The quantitative estimate of drug-likeness (QED) is 0.570. The van der Waals surface area contributed by atoms with Crippen molar-refractivity contribution < 1.29 is 9.59 Å². The Kier molecular flexibility index (Phi) is 3.00. The van der Waals surface area contributed by atoms with Crippen molar-refractivity contribution in [2.24, 2.45) is 5.92 Å². The molecule has 0 spiro atoms. The molecule has 2 heteroatoms. The maximum absolute atomic E-state index is 11.9. The summed E-state index contributed by atoms with van der Waals surface area (Å²) in [6, 6.07) is 7.03. The summed E-state index contributed by atoms with van der Waals surface area (Å²) in [6.45, 7) is 1.82. The van der Waals surface area contributed by atoms with Crippen molar-refractivity contribution in [1.82, 2.24) is 0 Å². The largest absolute Gasteiger partial charge is 0.294 e. The van der Waals surface area contributed by atoms with E-state index in [1.165, 1.54) is 0 Å². The van der Waals surface area contributed by atoms with Crippen LogP contribution in [-0.4, -0.2) is 11.6 Å². The van der Waals surface area contributed by atoms with E-state index in [1.54, 1.807) is 24.3 Å². The predicted molar refractivity (Wildman–Crippen MR) is 62.6 cm³/mol. The monoisotopic (exact) mass is 214 g/mol. The van der Waals surface area contributed by atoms with E-state index in [-0.39, 0.29) is 17.5 Å². The molecule has 1 aliphatic rings. The van der Waals surface area contributed by atoms with Crippen molar-refractivity contribution in [3.63, 3.8) is 0 Å². The van der Waals surface area contributed by atoms with Gasteiger partial charge in [-0.2, -0.15) is 0 Å². The van der Waals surface area contributed by atoms with Crippen molar-refractivity contribution in [3.05, 3.63) is 47.5 Å². The summed E-state index contributed by atoms with van der Waals surface area (Å²) in [7, 11) is 0. The summed E-state index contributed by atoms with van der Waals surface area (Å²) in [5.41, 5.74) is 1.28. The summed E-state index contributed by atoms with van der Waals surface area (Å²) in [6.07, 6.45) is 5.20. The molecule has 0 radical (unpaired) electrons. The Morgan fingerprint density at radius 1 is 1.31 bits per heavy atom. The fourth-order valence-electron chi connectivity index (χ4n) is 1.73. The Balaban J connectivity index is 2.24. The molecule has 0 saturated carbocycles. The number of hydrogen-bond acceptors (Lipinski definition) is 2. The molecule has 16 heavy (non-hydrogen) atoms. The molecule has 0 aromatic heterocycles. The van der Waals surface area contributed by atoms with Crippen molar-refractivity contribution in [2.45, 2.75) is 19.8 Å². The number of carbonyl (C=O) groups excluding carboxylic acids is 2. The van der Waals surface area contributed by atoms with Crippen molar-refractivity contribution >= 4 is 11.6 Å². The van der Waals surface area contributed by atoms with Crippen LogP contribution >= 0.6 is 0 Å². The van der Waals surface area contributed by atoms with Gasteiger partial charge in [-0.15, -0.1) is 0 Å². The zero-order valence-electron chi connectivity index (χ0n) is 9.27. The molecule has 0 aliphatic heterocycles. The van der Waals surface area contributed by atoms with Crippen LogP contribution in [0.1, 0.15) is 40.5 Å². The number of rotatable bonds is 4. The third-order valence-corrected chi connectivity index (χ3v) is 2.89. The zero-order chi connectivity index (χ0) is 11.5. The van der Waals surface area contributed by atoms with Crippen LogP contribution < -0.4 is 0 Å². The molecule has 2 nitrogen and oxygen atoms in total. The van der Waals surface area contributed by atoms with Gasteiger partial charge in [0.15, 0.2) is 11.6 Å². The van der Waals surface area contributed by atoms with Gasteiger partial charge in [0, 0.05) is 23.5 Å². The fourth-order valence-corrected chi connectivity index (χ4v) is 1.73. The maximum atomic E-state index is 11.9. The molecular weight excluding hydrogens is 200 g/mol. The van der Waals surface area contributed by atoms with Crippen LogP contribution in [0, 0.1) is 5.92 Å². The van der Waals surface area contributed by atoms with Gasteiger partial charge < -0.3 is 0 Å². The van der Waals surface area contributed by atoms with Crippen LogP contribution in [0.4, 0.5) is 0 Å². The molecule has 1 atom stereocenters. The highest BCUT2D eigenvalue weighted by atomic mass is 16.1. The lowest BCUT2D eigenvalue weighted by Crippen LogP contribution is -2.17. The fraction of sp³-hybridized carbons (Fsp3) is 0.286. The Labute approximate surface area is 95.0 Å². The van der Waals surface area contributed by atoms with E-state index in [0.717, 1.165) is 6.42 Å². The summed E-state index contributed by atoms with van der Waals surface area (Å²) in [5.74, 6) is 0.221. The lowest BCUT2D eigenvalue weighted by atomic mass is 9.87. The van der Waals surface area contributed by atoms with Crippen LogP contribution in [0.5, 0.6) is 0 Å². The number of carbonyl (C=O) groups is 2. The Hall–Kier alpha value is -1.70. The van der Waals surface area contributed by atoms with Gasteiger partial charge in [0.1, 0.15) is 0 Å². The van der Waals surface area contributed by atoms with Gasteiger partial charge in [-0.25, -0.2) is 0 Å². The third kappa shape index (κ3) is 1.96. The maximum Gasteiger partial charge on any atom is 0.170 e. The zero-order valence-corrected chi connectivity index (χ0v) is 9.27. The average molecular weight is 214 g/mol.